The molecule has 3 N–H and O–H groups in total. The highest BCUT2D eigenvalue weighted by Gasteiger charge is 2.39. The van der Waals surface area contributed by atoms with Crippen molar-refractivity contribution in [1.82, 2.24) is 4.90 Å². The zero-order chi connectivity index (χ0) is 23.4. The Morgan fingerprint density at radius 1 is 1.09 bits per heavy atom. The van der Waals surface area contributed by atoms with E-state index in [4.69, 9.17) is 4.74 Å². The van der Waals surface area contributed by atoms with Crippen LogP contribution >= 0.6 is 0 Å². The van der Waals surface area contributed by atoms with Crippen LogP contribution in [0.3, 0.4) is 0 Å². The molecule has 1 aliphatic rings. The lowest BCUT2D eigenvalue weighted by molar-refractivity contribution is -0.119. The molecule has 0 saturated carbocycles. The molecule has 1 fully saturated rings. The summed E-state index contributed by atoms with van der Waals surface area (Å²) in [6.07, 6.45) is -0.672. The highest BCUT2D eigenvalue weighted by atomic mass is 16.5. The average molecular weight is 441 g/mol. The van der Waals surface area contributed by atoms with E-state index >= 15 is 0 Å². The van der Waals surface area contributed by atoms with Crippen molar-refractivity contribution >= 4 is 35.0 Å². The number of amides is 3. The zero-order valence-electron chi connectivity index (χ0n) is 18.6. The Hall–Kier alpha value is -3.59. The van der Waals surface area contributed by atoms with Crippen LogP contribution in [0.25, 0.3) is 0 Å². The molecule has 2 aromatic carbocycles. The molecule has 0 aliphatic carbocycles. The number of hydrogen-bond acceptors (Lipinski definition) is 6. The summed E-state index contributed by atoms with van der Waals surface area (Å²) in [6, 6.07) is 10.8. The van der Waals surface area contributed by atoms with Crippen molar-refractivity contribution in [2.45, 2.75) is 25.5 Å². The third kappa shape index (κ3) is 5.17. The van der Waals surface area contributed by atoms with E-state index in [-0.39, 0.29) is 13.0 Å². The van der Waals surface area contributed by atoms with E-state index < -0.39 is 30.1 Å². The van der Waals surface area contributed by atoms with Gasteiger partial charge in [-0.2, -0.15) is 0 Å². The number of carbonyl (C=O) groups excluding carboxylic acids is 3. The number of anilines is 3. The van der Waals surface area contributed by atoms with E-state index in [9.17, 15) is 19.5 Å². The fourth-order valence-corrected chi connectivity index (χ4v) is 3.59. The van der Waals surface area contributed by atoms with E-state index in [0.717, 1.165) is 5.56 Å². The number of aliphatic hydroxyl groups is 1. The van der Waals surface area contributed by atoms with Crippen molar-refractivity contribution in [3.63, 3.8) is 0 Å². The molecule has 0 aromatic heterocycles. The molecule has 0 bridgehead atoms. The molecular formula is C23H28N4O5. The van der Waals surface area contributed by atoms with Crippen LogP contribution in [0.2, 0.25) is 0 Å². The molecule has 1 aliphatic heterocycles. The van der Waals surface area contributed by atoms with Crippen molar-refractivity contribution in [2.75, 3.05) is 43.3 Å². The molecule has 3 rings (SSSR count). The maximum absolute atomic E-state index is 13.1. The number of esters is 1. The molecule has 0 radical (unpaired) electrons. The zero-order valence-corrected chi connectivity index (χ0v) is 18.6. The van der Waals surface area contributed by atoms with Gasteiger partial charge in [0, 0.05) is 32.7 Å². The molecular weight excluding hydrogens is 412 g/mol. The van der Waals surface area contributed by atoms with Crippen LogP contribution in [0.5, 0.6) is 0 Å². The van der Waals surface area contributed by atoms with E-state index in [2.05, 4.69) is 10.6 Å². The predicted octanol–water partition coefficient (Wildman–Crippen LogP) is 2.45. The molecule has 0 spiro atoms. The first-order valence-electron chi connectivity index (χ1n) is 10.2. The first kappa shape index (κ1) is 23.1. The van der Waals surface area contributed by atoms with E-state index in [0.29, 0.717) is 22.6 Å². The summed E-state index contributed by atoms with van der Waals surface area (Å²) in [4.78, 5) is 40.8. The Morgan fingerprint density at radius 3 is 2.41 bits per heavy atom. The number of carbonyl (C=O) groups is 3. The van der Waals surface area contributed by atoms with Gasteiger partial charge < -0.3 is 30.3 Å². The minimum absolute atomic E-state index is 0.0532. The van der Waals surface area contributed by atoms with Crippen molar-refractivity contribution in [3.05, 3.63) is 53.6 Å². The Bertz CT molecular complexity index is 1010. The predicted molar refractivity (Wildman–Crippen MR) is 122 cm³/mol. The Kier molecular flexibility index (Phi) is 6.99. The summed E-state index contributed by atoms with van der Waals surface area (Å²) in [5, 5.41) is 15.7. The van der Waals surface area contributed by atoms with Crippen LogP contribution in [0.15, 0.2) is 42.5 Å². The van der Waals surface area contributed by atoms with Crippen molar-refractivity contribution < 1.29 is 24.2 Å². The van der Waals surface area contributed by atoms with E-state index in [1.54, 1.807) is 49.3 Å². The van der Waals surface area contributed by atoms with Gasteiger partial charge in [0.25, 0.3) is 0 Å². The SMILES string of the molecule is COC(=O)c1ccc(NC(=O)[C@H]2C[C@@H](O)CN2C(=O)Nc2ccc(C)cc2)c(N(C)C)c1. The number of rotatable bonds is 5. The summed E-state index contributed by atoms with van der Waals surface area (Å²) in [5.74, 6) is -0.904. The fourth-order valence-electron chi connectivity index (χ4n) is 3.59. The summed E-state index contributed by atoms with van der Waals surface area (Å²) >= 11 is 0. The standard InChI is InChI=1S/C23H28N4O5/c1-14-5-8-16(9-6-14)24-23(31)27-13-17(28)12-20(27)21(29)25-18-10-7-15(22(30)32-4)11-19(18)26(2)3/h5-11,17,20,28H,12-13H2,1-4H3,(H,24,31)(H,25,29)/t17-,20-/m1/s1. The topological polar surface area (TPSA) is 111 Å². The van der Waals surface area contributed by atoms with Crippen LogP contribution < -0.4 is 15.5 Å². The molecule has 32 heavy (non-hydrogen) atoms. The van der Waals surface area contributed by atoms with Crippen molar-refractivity contribution in [3.8, 4) is 0 Å². The van der Waals surface area contributed by atoms with Crippen LogP contribution in [-0.4, -0.2) is 67.8 Å². The second kappa shape index (κ2) is 9.69. The quantitative estimate of drug-likeness (QED) is 0.616. The average Bonchev–Trinajstić information content (AvgIpc) is 3.17. The lowest BCUT2D eigenvalue weighted by Crippen LogP contribution is -2.45. The van der Waals surface area contributed by atoms with Gasteiger partial charge in [-0.15, -0.1) is 0 Å². The number of likely N-dealkylation sites (tertiary alicyclic amines) is 1. The first-order chi connectivity index (χ1) is 15.2. The summed E-state index contributed by atoms with van der Waals surface area (Å²) in [6.45, 7) is 2.00. The number of aliphatic hydroxyl groups excluding tert-OH is 1. The van der Waals surface area contributed by atoms with Gasteiger partial charge in [0.05, 0.1) is 30.2 Å². The van der Waals surface area contributed by atoms with Gasteiger partial charge in [0.15, 0.2) is 0 Å². The van der Waals surface area contributed by atoms with Gasteiger partial charge in [-0.25, -0.2) is 9.59 Å². The normalized spacial score (nSPS) is 17.6. The molecule has 9 heteroatoms. The molecule has 0 unspecified atom stereocenters. The number of benzene rings is 2. The number of β-amino-alcohol motifs (C(OH)–C–C–N with tert-alkyl or cyclic N) is 1. The summed E-state index contributed by atoms with van der Waals surface area (Å²) in [5.41, 5.74) is 3.11. The lowest BCUT2D eigenvalue weighted by atomic mass is 10.1. The maximum atomic E-state index is 13.1. The number of aryl methyl sites for hydroxylation is 1. The monoisotopic (exact) mass is 440 g/mol. The molecule has 170 valence electrons. The summed E-state index contributed by atoms with van der Waals surface area (Å²) < 4.78 is 4.76. The maximum Gasteiger partial charge on any atom is 0.337 e. The number of hydrogen-bond donors (Lipinski definition) is 3. The second-order valence-electron chi connectivity index (χ2n) is 7.96. The van der Waals surface area contributed by atoms with Crippen LogP contribution in [0.1, 0.15) is 22.3 Å². The molecule has 1 heterocycles. The van der Waals surface area contributed by atoms with Crippen LogP contribution in [-0.2, 0) is 9.53 Å². The van der Waals surface area contributed by atoms with Gasteiger partial charge in [-0.1, -0.05) is 17.7 Å². The van der Waals surface area contributed by atoms with Gasteiger partial charge in [0.1, 0.15) is 6.04 Å². The summed E-state index contributed by atoms with van der Waals surface area (Å²) in [7, 11) is 4.87. The number of methoxy groups -OCH3 is 1. The molecule has 2 aromatic rings. The van der Waals surface area contributed by atoms with Crippen molar-refractivity contribution in [2.24, 2.45) is 0 Å². The van der Waals surface area contributed by atoms with E-state index in [1.807, 2.05) is 19.1 Å². The number of nitrogens with zero attached hydrogens (tertiary/aromatic N) is 2. The highest BCUT2D eigenvalue weighted by Crippen LogP contribution is 2.28. The largest absolute Gasteiger partial charge is 0.465 e. The molecule has 3 amide bonds. The van der Waals surface area contributed by atoms with Gasteiger partial charge in [-0.3, -0.25) is 4.79 Å². The second-order valence-corrected chi connectivity index (χ2v) is 7.96. The van der Waals surface area contributed by atoms with Gasteiger partial charge in [-0.05, 0) is 37.3 Å². The Labute approximate surface area is 187 Å². The molecule has 2 atom stereocenters. The Morgan fingerprint density at radius 2 is 1.78 bits per heavy atom. The number of urea groups is 1. The minimum Gasteiger partial charge on any atom is -0.465 e. The van der Waals surface area contributed by atoms with Crippen LogP contribution in [0, 0.1) is 6.92 Å². The van der Waals surface area contributed by atoms with Crippen LogP contribution in [0.4, 0.5) is 21.9 Å². The molecule has 1 saturated heterocycles. The minimum atomic E-state index is -0.842. The Balaban J connectivity index is 1.77. The van der Waals surface area contributed by atoms with Crippen molar-refractivity contribution in [1.29, 1.82) is 0 Å². The van der Waals surface area contributed by atoms with Gasteiger partial charge >= 0.3 is 12.0 Å². The first-order valence-corrected chi connectivity index (χ1v) is 10.2. The van der Waals surface area contributed by atoms with E-state index in [1.165, 1.54) is 12.0 Å². The third-order valence-electron chi connectivity index (χ3n) is 5.30. The molecule has 9 nitrogen and oxygen atoms in total. The van der Waals surface area contributed by atoms with Gasteiger partial charge in [0.2, 0.25) is 5.91 Å². The smallest absolute Gasteiger partial charge is 0.337 e. The number of nitrogens with one attached hydrogen (secondary N) is 2. The fraction of sp³-hybridized carbons (Fsp3) is 0.348. The highest BCUT2D eigenvalue weighted by molar-refractivity contribution is 6.02. The lowest BCUT2D eigenvalue weighted by Gasteiger charge is -2.25. The number of ether oxygens (including phenoxy) is 1. The third-order valence-corrected chi connectivity index (χ3v) is 5.30.